The fourth-order valence-electron chi connectivity index (χ4n) is 17.8. The van der Waals surface area contributed by atoms with Gasteiger partial charge in [0.25, 0.3) is 0 Å². The van der Waals surface area contributed by atoms with Crippen LogP contribution in [0.5, 0.6) is 0 Å². The molecule has 16 atom stereocenters. The number of aliphatic hydroxyl groups is 4. The number of nitrogens with zero attached hydrogens (tertiary/aromatic N) is 4. The number of aliphatic carboxylic acids is 1. The lowest BCUT2D eigenvalue weighted by atomic mass is 9.77. The zero-order chi connectivity index (χ0) is 97.0. The van der Waals surface area contributed by atoms with Crippen LogP contribution in [0.3, 0.4) is 0 Å². The highest BCUT2D eigenvalue weighted by Crippen LogP contribution is 2.40. The molecule has 0 aliphatic carbocycles. The number of hydrogen-bond donors (Lipinski definition) is 10. The third-order valence-corrected chi connectivity index (χ3v) is 22.9. The van der Waals surface area contributed by atoms with Gasteiger partial charge in [0.15, 0.2) is 18.9 Å². The molecule has 2 saturated heterocycles. The number of carbonyl (C=O) groups is 10. The normalized spacial score (nSPS) is 18.3. The van der Waals surface area contributed by atoms with Gasteiger partial charge in [-0.2, -0.15) is 0 Å². The number of likely N-dealkylation sites (N-methyl/N-ethyl adjacent to an activating group) is 2. The third kappa shape index (κ3) is 41.8. The molecule has 128 heavy (non-hydrogen) atoms. The standard InChI is InChI=1S/C93H165N9O26/c1-27-61(6)79(100(24)84(114)77(59(2)3)98-83(113)78(60(4)5)99(22)23)70(118-25)47-72(108)101-43-31-36-68(101)80(119-26)62(7)81(111)97-67(46-63-34-29-28-30-35-63)82(112)94-40-33-45-120-85(115)69-37-32-44-102(69)71(107)38-41-95-86(116)121-55-75(126-89(11,12)13)124-65(52-104)49-91(16,17)58-93(20,21)128-76(56-122-87(117)96-42-39-73(109)110)125-66(53-105)50-90(14,15)57-92(18,19)127-74(54-106)123-64(51-103)48-88(8,9)10/h28-30,34-35,59-62,64-70,74-80,103-106H,27,31-33,36-58H2,1-26H3,(H,94,112)(H,95,116)(H,96,117)(H,97,111)(H,98,113)(H,109,110). The smallest absolute Gasteiger partial charge is 0.407 e. The van der Waals surface area contributed by atoms with Gasteiger partial charge in [0.05, 0.1) is 117 Å². The van der Waals surface area contributed by atoms with Gasteiger partial charge in [-0.3, -0.25) is 38.5 Å². The average Bonchev–Trinajstić information content (AvgIpc) is 1.59. The predicted molar refractivity (Wildman–Crippen MR) is 482 cm³/mol. The lowest BCUT2D eigenvalue weighted by molar-refractivity contribution is -0.255. The Kier molecular flexibility index (Phi) is 49.4. The van der Waals surface area contributed by atoms with Crippen LogP contribution >= 0.6 is 0 Å². The number of nitrogens with one attached hydrogen (secondary N) is 5. The minimum Gasteiger partial charge on any atom is -0.481 e. The van der Waals surface area contributed by atoms with E-state index in [2.05, 4.69) is 26.6 Å². The van der Waals surface area contributed by atoms with Crippen LogP contribution in [0, 0.1) is 39.9 Å². The molecule has 2 heterocycles. The maximum Gasteiger partial charge on any atom is 0.407 e. The van der Waals surface area contributed by atoms with E-state index in [4.69, 9.17) is 57.2 Å². The van der Waals surface area contributed by atoms with Crippen molar-refractivity contribution in [2.75, 3.05) is 114 Å². The van der Waals surface area contributed by atoms with Crippen molar-refractivity contribution in [1.29, 1.82) is 0 Å². The Hall–Kier alpha value is -7.00. The molecule has 35 nitrogen and oxygen atoms in total. The molecule has 0 saturated carbocycles. The summed E-state index contributed by atoms with van der Waals surface area (Å²) in [5, 5.41) is 65.0. The molecular formula is C93H165N9O26. The van der Waals surface area contributed by atoms with E-state index in [-0.39, 0.29) is 132 Å². The molecule has 35 heteroatoms. The number of hydrogen-bond acceptors (Lipinski definition) is 26. The second kappa shape index (κ2) is 54.9. The Labute approximate surface area is 762 Å². The summed E-state index contributed by atoms with van der Waals surface area (Å²) < 4.78 is 66.8. The molecule has 0 bridgehead atoms. The van der Waals surface area contributed by atoms with Crippen LogP contribution in [-0.4, -0.2) is 321 Å². The molecule has 8 amide bonds. The minimum atomic E-state index is -1.28. The molecule has 3 rings (SSSR count). The number of aliphatic hydroxyl groups excluding tert-OH is 4. The average molecular weight is 1830 g/mol. The zero-order valence-corrected chi connectivity index (χ0v) is 82.0. The second-order valence-corrected chi connectivity index (χ2v) is 40.4. The molecule has 2 aliphatic rings. The molecule has 0 spiro atoms. The van der Waals surface area contributed by atoms with Gasteiger partial charge in [-0.05, 0) is 166 Å². The van der Waals surface area contributed by atoms with Gasteiger partial charge in [0.2, 0.25) is 35.4 Å². The van der Waals surface area contributed by atoms with Crippen molar-refractivity contribution in [3.8, 4) is 0 Å². The van der Waals surface area contributed by atoms with E-state index >= 15 is 0 Å². The van der Waals surface area contributed by atoms with Gasteiger partial charge in [-0.15, -0.1) is 0 Å². The number of carboxylic acid groups (broad SMARTS) is 1. The lowest BCUT2D eigenvalue weighted by Gasteiger charge is -2.41. The van der Waals surface area contributed by atoms with Gasteiger partial charge in [0.1, 0.15) is 31.3 Å². The summed E-state index contributed by atoms with van der Waals surface area (Å²) in [6.07, 6.45) is -5.22. The number of alkyl carbamates (subject to hydrolysis) is 2. The molecular weight excluding hydrogens is 1660 g/mol. The van der Waals surface area contributed by atoms with Crippen LogP contribution in [0.2, 0.25) is 0 Å². The maximum atomic E-state index is 14.7. The summed E-state index contributed by atoms with van der Waals surface area (Å²) in [6, 6.07) is 4.85. The van der Waals surface area contributed by atoms with Crippen molar-refractivity contribution in [2.45, 2.75) is 344 Å². The molecule has 738 valence electrons. The first kappa shape index (κ1) is 115. The van der Waals surface area contributed by atoms with Gasteiger partial charge in [-0.1, -0.05) is 134 Å². The first-order valence-electron chi connectivity index (χ1n) is 45.7. The summed E-state index contributed by atoms with van der Waals surface area (Å²) in [5.41, 5.74) is -3.49. The van der Waals surface area contributed by atoms with E-state index < -0.39 is 194 Å². The third-order valence-electron chi connectivity index (χ3n) is 22.9. The van der Waals surface area contributed by atoms with Gasteiger partial charge in [0, 0.05) is 66.8 Å². The lowest BCUT2D eigenvalue weighted by Crippen LogP contribution is -2.59. The summed E-state index contributed by atoms with van der Waals surface area (Å²) in [6.45, 7) is 37.4. The Morgan fingerprint density at radius 3 is 1.56 bits per heavy atom. The van der Waals surface area contributed by atoms with Crippen molar-refractivity contribution in [1.82, 2.24) is 46.2 Å². The minimum absolute atomic E-state index is 0.0172. The van der Waals surface area contributed by atoms with Gasteiger partial charge < -0.3 is 119 Å². The van der Waals surface area contributed by atoms with Crippen LogP contribution < -0.4 is 26.6 Å². The highest BCUT2D eigenvalue weighted by atomic mass is 16.7. The topological polar surface area (TPSA) is 446 Å². The number of amides is 8. The number of carbonyl (C=O) groups excluding carboxylic acids is 9. The van der Waals surface area contributed by atoms with Gasteiger partial charge in [-0.25, -0.2) is 14.4 Å². The fraction of sp³-hybridized carbons (Fsp3) is 0.828. The summed E-state index contributed by atoms with van der Waals surface area (Å²) in [5.74, 6) is -5.17. The summed E-state index contributed by atoms with van der Waals surface area (Å²) >= 11 is 0. The Morgan fingerprint density at radius 2 is 1.08 bits per heavy atom. The zero-order valence-electron chi connectivity index (χ0n) is 82.0. The number of rotatable bonds is 60. The highest BCUT2D eigenvalue weighted by Gasteiger charge is 2.46. The SMILES string of the molecule is CCC(C)C(C(CC(=O)N1CCCC1C(OC)C(C)C(=O)NC(Cc1ccccc1)C(=O)NCCCOC(=O)C1CCCN1C(=O)CCNC(=O)OCC(OC(CO)CC(C)(C)CC(C)(C)OC(COC(=O)NCCC(=O)O)OC(CO)CC(C)(C)CC(C)(C)OC(CO)OC(CO)CC(C)(C)C)OC(C)(C)C)OC)N(C)C(=O)C(NC(=O)C(C(C)C)N(C)C)C(C)C. The molecule has 1 aromatic rings. The van der Waals surface area contributed by atoms with E-state index in [1.54, 1.807) is 58.4 Å². The fourth-order valence-corrected chi connectivity index (χ4v) is 17.8. The van der Waals surface area contributed by atoms with Crippen molar-refractivity contribution in [3.63, 3.8) is 0 Å². The summed E-state index contributed by atoms with van der Waals surface area (Å²) in [4.78, 5) is 143. The predicted octanol–water partition coefficient (Wildman–Crippen LogP) is 8.28. The van der Waals surface area contributed by atoms with Crippen LogP contribution in [0.15, 0.2) is 30.3 Å². The Morgan fingerprint density at radius 1 is 0.562 bits per heavy atom. The van der Waals surface area contributed by atoms with E-state index in [0.29, 0.717) is 51.5 Å². The Bertz CT molecular complexity index is 3510. The molecule has 0 aromatic heterocycles. The molecule has 0 radical (unpaired) electrons. The Balaban J connectivity index is 1.63. The summed E-state index contributed by atoms with van der Waals surface area (Å²) in [7, 11) is 8.37. The van der Waals surface area contributed by atoms with Crippen molar-refractivity contribution in [3.05, 3.63) is 35.9 Å². The van der Waals surface area contributed by atoms with Crippen LogP contribution in [0.1, 0.15) is 241 Å². The number of ether oxygens (including phenoxy) is 11. The molecule has 10 N–H and O–H groups in total. The number of esters is 1. The maximum absolute atomic E-state index is 14.7. The van der Waals surface area contributed by atoms with Crippen LogP contribution in [0.4, 0.5) is 9.59 Å². The van der Waals surface area contributed by atoms with E-state index in [9.17, 15) is 68.4 Å². The number of carboxylic acids is 1. The molecule has 1 aromatic carbocycles. The molecule has 2 aliphatic heterocycles. The van der Waals surface area contributed by atoms with E-state index in [1.165, 1.54) is 19.1 Å². The van der Waals surface area contributed by atoms with E-state index in [0.717, 1.165) is 5.56 Å². The number of methoxy groups -OCH3 is 2. The van der Waals surface area contributed by atoms with Crippen LogP contribution in [0.25, 0.3) is 0 Å². The first-order chi connectivity index (χ1) is 59.6. The number of likely N-dealkylation sites (tertiary alicyclic amines) is 2. The van der Waals surface area contributed by atoms with Crippen molar-refractivity contribution < 1.29 is 126 Å². The quantitative estimate of drug-likeness (QED) is 0.0127. The molecule has 2 fully saturated rings. The molecule has 16 unspecified atom stereocenters. The monoisotopic (exact) mass is 1820 g/mol. The second-order valence-electron chi connectivity index (χ2n) is 40.4. The van der Waals surface area contributed by atoms with Crippen molar-refractivity contribution >= 4 is 59.6 Å². The van der Waals surface area contributed by atoms with Crippen LogP contribution in [-0.2, 0) is 96.9 Å². The van der Waals surface area contributed by atoms with Crippen molar-refractivity contribution in [2.24, 2.45) is 39.9 Å². The first-order valence-corrected chi connectivity index (χ1v) is 45.7. The van der Waals surface area contributed by atoms with E-state index in [1.807, 2.05) is 153 Å². The van der Waals surface area contributed by atoms with Gasteiger partial charge >= 0.3 is 24.1 Å². The largest absolute Gasteiger partial charge is 0.481 e. The highest BCUT2D eigenvalue weighted by molar-refractivity contribution is 5.91. The number of benzene rings is 1.